The van der Waals surface area contributed by atoms with Crippen molar-refractivity contribution >= 4 is 38.4 Å². The number of aliphatic hydroxyl groups is 1. The van der Waals surface area contributed by atoms with E-state index in [0.29, 0.717) is 15.6 Å². The van der Waals surface area contributed by atoms with Gasteiger partial charge in [-0.1, -0.05) is 24.3 Å². The first-order valence-electron chi connectivity index (χ1n) is 7.41. The van der Waals surface area contributed by atoms with E-state index in [1.807, 2.05) is 6.07 Å². The van der Waals surface area contributed by atoms with Gasteiger partial charge in [-0.05, 0) is 19.1 Å². The maximum absolute atomic E-state index is 12.2. The number of aryl methyl sites for hydroxylation is 1. The number of aliphatic hydroxyl groups excluding tert-OH is 1. The Kier molecular flexibility index (Phi) is 4.47. The largest absolute Gasteiger partial charge is 0.506 e. The second-order valence-corrected chi connectivity index (χ2v) is 6.44. The van der Waals surface area contributed by atoms with Crippen molar-refractivity contribution in [2.24, 2.45) is 0 Å². The summed E-state index contributed by atoms with van der Waals surface area (Å²) in [5, 5.41) is 31.5. The van der Waals surface area contributed by atoms with E-state index >= 15 is 0 Å². The zero-order valence-electron chi connectivity index (χ0n) is 13.5. The monoisotopic (exact) mass is 365 g/mol. The Morgan fingerprint density at radius 1 is 1.31 bits per heavy atom. The quantitative estimate of drug-likeness (QED) is 0.326. The Labute approximate surface area is 151 Å². The molecule has 0 aliphatic carbocycles. The number of benzene rings is 2. The van der Waals surface area contributed by atoms with Crippen LogP contribution in [0.15, 0.2) is 47.3 Å². The summed E-state index contributed by atoms with van der Waals surface area (Å²) >= 11 is 1.08. The predicted molar refractivity (Wildman–Crippen MR) is 98.8 cm³/mol. The number of nitro groups is 1. The number of nitriles is 1. The molecule has 8 heteroatoms. The average Bonchev–Trinajstić information content (AvgIpc) is 2.62. The molecule has 3 aromatic rings. The summed E-state index contributed by atoms with van der Waals surface area (Å²) in [6.45, 7) is 1.57. The van der Waals surface area contributed by atoms with Gasteiger partial charge in [0.05, 0.1) is 10.3 Å². The normalized spacial score (nSPS) is 11.7. The number of fused-ring (bicyclic) bond motifs is 1. The zero-order valence-corrected chi connectivity index (χ0v) is 14.3. The fraction of sp³-hybridized carbons (Fsp3) is 0.0556. The molecule has 0 unspecified atom stereocenters. The highest BCUT2D eigenvalue weighted by Gasteiger charge is 2.18. The lowest BCUT2D eigenvalue weighted by Crippen LogP contribution is -2.07. The molecule has 1 aromatic heterocycles. The van der Waals surface area contributed by atoms with Gasteiger partial charge < -0.3 is 5.11 Å². The van der Waals surface area contributed by atoms with Crippen LogP contribution >= 0.6 is 11.3 Å². The van der Waals surface area contributed by atoms with Crippen LogP contribution in [0.1, 0.15) is 16.1 Å². The Hall–Kier alpha value is -3.57. The van der Waals surface area contributed by atoms with Crippen molar-refractivity contribution < 1.29 is 10.0 Å². The number of hydrogen-bond acceptors (Lipinski definition) is 7. The van der Waals surface area contributed by atoms with E-state index in [9.17, 15) is 25.3 Å². The van der Waals surface area contributed by atoms with Gasteiger partial charge >= 0.3 is 0 Å². The molecule has 0 amide bonds. The van der Waals surface area contributed by atoms with E-state index in [-0.39, 0.29) is 21.8 Å². The van der Waals surface area contributed by atoms with Gasteiger partial charge in [0.1, 0.15) is 22.4 Å². The first-order chi connectivity index (χ1) is 12.4. The van der Waals surface area contributed by atoms with Crippen LogP contribution in [0.4, 0.5) is 5.69 Å². The molecule has 0 radical (unpaired) electrons. The third-order valence-corrected chi connectivity index (χ3v) is 4.83. The minimum absolute atomic E-state index is 0.0527. The molecule has 0 aliphatic rings. The first-order valence-corrected chi connectivity index (χ1v) is 8.23. The van der Waals surface area contributed by atoms with Crippen molar-refractivity contribution in [3.63, 3.8) is 0 Å². The molecule has 0 spiro atoms. The Bertz CT molecular complexity index is 1180. The third kappa shape index (κ3) is 3.03. The van der Waals surface area contributed by atoms with E-state index in [1.54, 1.807) is 31.2 Å². The van der Waals surface area contributed by atoms with Gasteiger partial charge in [0, 0.05) is 21.9 Å². The Balaban J connectivity index is 2.22. The lowest BCUT2D eigenvalue weighted by atomic mass is 10.1. The molecule has 1 heterocycles. The van der Waals surface area contributed by atoms with E-state index in [4.69, 9.17) is 0 Å². The maximum atomic E-state index is 12.2. The van der Waals surface area contributed by atoms with Gasteiger partial charge in [0.15, 0.2) is 0 Å². The lowest BCUT2D eigenvalue weighted by Gasteiger charge is -2.06. The van der Waals surface area contributed by atoms with Gasteiger partial charge in [0.2, 0.25) is 0 Å². The van der Waals surface area contributed by atoms with Gasteiger partial charge in [-0.2, -0.15) is 10.2 Å². The van der Waals surface area contributed by atoms with Crippen LogP contribution < -0.4 is 5.56 Å². The summed E-state index contributed by atoms with van der Waals surface area (Å²) in [4.78, 5) is 26.6. The molecule has 0 aliphatic heterocycles. The number of hydrogen-bond donors (Lipinski definition) is 1. The molecular weight excluding hydrogens is 354 g/mol. The molecule has 1 N–H and O–H groups in total. The SMILES string of the molecule is Cc1ccc(C(O)=C(C#N)c2nc(=O)c3ccccc3s2)cc1[N+](=O)[O-]. The molecule has 0 saturated carbocycles. The van der Waals surface area contributed by atoms with Crippen LogP contribution in [0, 0.1) is 28.4 Å². The minimum atomic E-state index is -0.565. The molecule has 2 aromatic carbocycles. The highest BCUT2D eigenvalue weighted by atomic mass is 32.1. The van der Waals surface area contributed by atoms with Gasteiger partial charge in [-0.15, -0.1) is 11.3 Å². The maximum Gasteiger partial charge on any atom is 0.279 e. The number of rotatable bonds is 3. The van der Waals surface area contributed by atoms with Crippen molar-refractivity contribution in [3.8, 4) is 6.07 Å². The topological polar surface area (TPSA) is 117 Å². The highest BCUT2D eigenvalue weighted by Crippen LogP contribution is 2.30. The summed E-state index contributed by atoms with van der Waals surface area (Å²) in [6.07, 6.45) is 0. The van der Waals surface area contributed by atoms with Gasteiger partial charge in [-0.25, -0.2) is 0 Å². The molecule has 0 atom stereocenters. The highest BCUT2D eigenvalue weighted by molar-refractivity contribution is 7.19. The average molecular weight is 365 g/mol. The number of allylic oxidation sites excluding steroid dienone is 1. The van der Waals surface area contributed by atoms with E-state index in [0.717, 1.165) is 11.3 Å². The second kappa shape index (κ2) is 6.74. The summed E-state index contributed by atoms with van der Waals surface area (Å²) in [5.74, 6) is -0.464. The van der Waals surface area contributed by atoms with E-state index in [1.165, 1.54) is 18.2 Å². The van der Waals surface area contributed by atoms with Crippen LogP contribution in [0.5, 0.6) is 0 Å². The molecule has 0 bridgehead atoms. The minimum Gasteiger partial charge on any atom is -0.506 e. The molecule has 7 nitrogen and oxygen atoms in total. The van der Waals surface area contributed by atoms with Crippen LogP contribution in [-0.4, -0.2) is 15.0 Å². The number of nitrogens with zero attached hydrogens (tertiary/aromatic N) is 3. The number of aromatic nitrogens is 1. The second-order valence-electron chi connectivity index (χ2n) is 5.41. The summed E-state index contributed by atoms with van der Waals surface area (Å²) in [5.41, 5.74) is -0.362. The lowest BCUT2D eigenvalue weighted by molar-refractivity contribution is -0.385. The fourth-order valence-electron chi connectivity index (χ4n) is 2.42. The molecular formula is C18H11N3O4S. The third-order valence-electron chi connectivity index (χ3n) is 3.77. The van der Waals surface area contributed by atoms with Crippen LogP contribution in [0.25, 0.3) is 21.4 Å². The Morgan fingerprint density at radius 2 is 2.04 bits per heavy atom. The predicted octanol–water partition coefficient (Wildman–Crippen LogP) is 3.82. The summed E-state index contributed by atoms with van der Waals surface area (Å²) in [6, 6.07) is 12.8. The van der Waals surface area contributed by atoms with Gasteiger partial charge in [0.25, 0.3) is 11.2 Å². The van der Waals surface area contributed by atoms with Crippen molar-refractivity contribution in [3.05, 3.63) is 79.1 Å². The van der Waals surface area contributed by atoms with E-state index in [2.05, 4.69) is 4.98 Å². The van der Waals surface area contributed by atoms with Crippen molar-refractivity contribution in [1.29, 1.82) is 5.26 Å². The summed E-state index contributed by atoms with van der Waals surface area (Å²) in [7, 11) is 0. The zero-order chi connectivity index (χ0) is 18.8. The van der Waals surface area contributed by atoms with E-state index < -0.39 is 16.2 Å². The first kappa shape index (κ1) is 17.3. The number of nitro benzene ring substituents is 1. The Morgan fingerprint density at radius 3 is 2.73 bits per heavy atom. The molecule has 3 rings (SSSR count). The van der Waals surface area contributed by atoms with Crippen molar-refractivity contribution in [2.45, 2.75) is 6.92 Å². The molecule has 0 fully saturated rings. The van der Waals surface area contributed by atoms with Crippen LogP contribution in [-0.2, 0) is 0 Å². The van der Waals surface area contributed by atoms with Gasteiger partial charge in [-0.3, -0.25) is 14.9 Å². The van der Waals surface area contributed by atoms with Crippen molar-refractivity contribution in [2.75, 3.05) is 0 Å². The van der Waals surface area contributed by atoms with Crippen LogP contribution in [0.2, 0.25) is 0 Å². The standard InChI is InChI=1S/C18H11N3O4S/c1-10-6-7-11(8-14(10)21(24)25)16(22)13(9-19)18-20-17(23)12-4-2-3-5-15(12)26-18/h2-8,22H,1H3. The smallest absolute Gasteiger partial charge is 0.279 e. The fourth-order valence-corrected chi connectivity index (χ4v) is 3.41. The van der Waals surface area contributed by atoms with Crippen molar-refractivity contribution in [1.82, 2.24) is 4.98 Å². The molecule has 0 saturated heterocycles. The summed E-state index contributed by atoms with van der Waals surface area (Å²) < 4.78 is 0.623. The van der Waals surface area contributed by atoms with Crippen LogP contribution in [0.3, 0.4) is 0 Å². The molecule has 26 heavy (non-hydrogen) atoms. The molecule has 128 valence electrons.